The maximum absolute atomic E-state index is 11.9. The van der Waals surface area contributed by atoms with Crippen molar-refractivity contribution in [2.75, 3.05) is 25.9 Å². The molecule has 0 bridgehead atoms. The Hall–Kier alpha value is -2.82. The Labute approximate surface area is 192 Å². The van der Waals surface area contributed by atoms with E-state index >= 15 is 0 Å². The molecule has 0 spiro atoms. The van der Waals surface area contributed by atoms with Gasteiger partial charge in [-0.05, 0) is 50.0 Å². The first-order valence-electron chi connectivity index (χ1n) is 9.29. The van der Waals surface area contributed by atoms with Crippen LogP contribution in [0.3, 0.4) is 0 Å². The zero-order valence-corrected chi connectivity index (χ0v) is 19.0. The van der Waals surface area contributed by atoms with Crippen molar-refractivity contribution in [3.63, 3.8) is 0 Å². The summed E-state index contributed by atoms with van der Waals surface area (Å²) in [5.74, 6) is 0.710. The lowest BCUT2D eigenvalue weighted by Crippen LogP contribution is -2.32. The number of carbonyl (C=O) groups excluding carboxylic acids is 1. The molecule has 1 amide bonds. The highest BCUT2D eigenvalue weighted by molar-refractivity contribution is 9.10. The first kappa shape index (κ1) is 22.9. The number of nitrogens with one attached hydrogen (secondary N) is 2. The van der Waals surface area contributed by atoms with E-state index in [9.17, 15) is 4.79 Å². The predicted molar refractivity (Wildman–Crippen MR) is 119 cm³/mol. The Kier molecular flexibility index (Phi) is 8.10. The summed E-state index contributed by atoms with van der Waals surface area (Å²) < 4.78 is 16.6. The number of rotatable bonds is 10. The number of nitrogens with two attached hydrogens (primary N) is 1. The summed E-state index contributed by atoms with van der Waals surface area (Å²) in [6, 6.07) is 11.3. The van der Waals surface area contributed by atoms with Crippen LogP contribution in [0.5, 0.6) is 11.5 Å². The SMILES string of the molecule is COc1cc(CNCCNC(=O)c2nonc2N)cc(Br)c1OCc1ccccc1Cl. The van der Waals surface area contributed by atoms with Crippen LogP contribution in [0, 0.1) is 0 Å². The van der Waals surface area contributed by atoms with Gasteiger partial charge in [-0.15, -0.1) is 0 Å². The molecule has 0 fully saturated rings. The molecule has 0 radical (unpaired) electrons. The third-order valence-electron chi connectivity index (χ3n) is 4.26. The van der Waals surface area contributed by atoms with Crippen LogP contribution in [0.2, 0.25) is 5.02 Å². The molecular weight excluding hydrogens is 490 g/mol. The molecule has 1 aromatic heterocycles. The van der Waals surface area contributed by atoms with Crippen molar-refractivity contribution in [2.45, 2.75) is 13.2 Å². The normalized spacial score (nSPS) is 10.7. The first-order valence-corrected chi connectivity index (χ1v) is 10.5. The summed E-state index contributed by atoms with van der Waals surface area (Å²) in [5, 5.41) is 13.4. The van der Waals surface area contributed by atoms with E-state index in [0.717, 1.165) is 15.6 Å². The maximum atomic E-state index is 11.9. The number of aromatic nitrogens is 2. The fourth-order valence-electron chi connectivity index (χ4n) is 2.71. The second-order valence-corrected chi connectivity index (χ2v) is 7.68. The molecule has 3 aromatic rings. The van der Waals surface area contributed by atoms with Gasteiger partial charge in [-0.2, -0.15) is 0 Å². The van der Waals surface area contributed by atoms with Crippen LogP contribution in [-0.4, -0.2) is 36.4 Å². The standard InChI is InChI=1S/C20H21BrClN5O4/c1-29-16-9-12(10-24-6-7-25-20(28)17-19(23)27-31-26-17)8-14(21)18(16)30-11-13-4-2-3-5-15(13)22/h2-5,8-9,24H,6-7,10-11H2,1H3,(H2,23,27)(H,25,28). The molecule has 0 saturated carbocycles. The van der Waals surface area contributed by atoms with Gasteiger partial charge in [-0.25, -0.2) is 4.63 Å². The molecule has 4 N–H and O–H groups in total. The Morgan fingerprint density at radius 2 is 2.06 bits per heavy atom. The Bertz CT molecular complexity index is 1050. The average Bonchev–Trinajstić information content (AvgIpc) is 3.19. The zero-order valence-electron chi connectivity index (χ0n) is 16.7. The van der Waals surface area contributed by atoms with E-state index in [1.54, 1.807) is 7.11 Å². The van der Waals surface area contributed by atoms with Gasteiger partial charge in [-0.1, -0.05) is 29.8 Å². The number of ether oxygens (including phenoxy) is 2. The Balaban J connectivity index is 1.51. The summed E-state index contributed by atoms with van der Waals surface area (Å²) >= 11 is 9.74. The van der Waals surface area contributed by atoms with E-state index < -0.39 is 5.91 Å². The summed E-state index contributed by atoms with van der Waals surface area (Å²) in [6.45, 7) is 1.78. The number of methoxy groups -OCH3 is 1. The smallest absolute Gasteiger partial charge is 0.277 e. The van der Waals surface area contributed by atoms with Crippen LogP contribution < -0.4 is 25.8 Å². The maximum Gasteiger partial charge on any atom is 0.277 e. The minimum Gasteiger partial charge on any atom is -0.493 e. The summed E-state index contributed by atoms with van der Waals surface area (Å²) in [4.78, 5) is 11.9. The van der Waals surface area contributed by atoms with E-state index in [4.69, 9.17) is 26.8 Å². The Morgan fingerprint density at radius 1 is 1.26 bits per heavy atom. The van der Waals surface area contributed by atoms with Crippen LogP contribution in [0.1, 0.15) is 21.6 Å². The van der Waals surface area contributed by atoms with Gasteiger partial charge < -0.3 is 25.8 Å². The summed E-state index contributed by atoms with van der Waals surface area (Å²) in [6.07, 6.45) is 0. The van der Waals surface area contributed by atoms with Gasteiger partial charge in [0.15, 0.2) is 11.5 Å². The number of benzene rings is 2. The van der Waals surface area contributed by atoms with Crippen LogP contribution in [-0.2, 0) is 13.2 Å². The first-order chi connectivity index (χ1) is 15.0. The Morgan fingerprint density at radius 3 is 2.77 bits per heavy atom. The third-order valence-corrected chi connectivity index (χ3v) is 5.22. The van der Waals surface area contributed by atoms with Crippen LogP contribution >= 0.6 is 27.5 Å². The molecule has 164 valence electrons. The lowest BCUT2D eigenvalue weighted by molar-refractivity contribution is 0.0944. The highest BCUT2D eigenvalue weighted by Crippen LogP contribution is 2.37. The molecule has 2 aromatic carbocycles. The molecule has 0 aliphatic carbocycles. The second-order valence-electron chi connectivity index (χ2n) is 6.42. The van der Waals surface area contributed by atoms with Crippen molar-refractivity contribution in [1.82, 2.24) is 20.9 Å². The van der Waals surface area contributed by atoms with Crippen molar-refractivity contribution in [3.05, 3.63) is 62.7 Å². The van der Waals surface area contributed by atoms with Gasteiger partial charge in [0.2, 0.25) is 11.5 Å². The summed E-state index contributed by atoms with van der Waals surface area (Å²) in [7, 11) is 1.58. The zero-order chi connectivity index (χ0) is 22.2. The van der Waals surface area contributed by atoms with Gasteiger partial charge in [0.05, 0.1) is 11.6 Å². The molecule has 0 atom stereocenters. The number of nitrogen functional groups attached to an aromatic ring is 1. The number of halogens is 2. The number of hydrogen-bond donors (Lipinski definition) is 3. The molecule has 31 heavy (non-hydrogen) atoms. The molecule has 0 saturated heterocycles. The van der Waals surface area contributed by atoms with Crippen LogP contribution in [0.4, 0.5) is 5.82 Å². The molecule has 11 heteroatoms. The molecule has 9 nitrogen and oxygen atoms in total. The minimum atomic E-state index is -0.440. The van der Waals surface area contributed by atoms with Crippen molar-refractivity contribution in [2.24, 2.45) is 0 Å². The highest BCUT2D eigenvalue weighted by atomic mass is 79.9. The lowest BCUT2D eigenvalue weighted by Gasteiger charge is -2.15. The molecule has 0 unspecified atom stereocenters. The minimum absolute atomic E-state index is 0.0268. The second kappa shape index (κ2) is 11.0. The number of nitrogens with zero attached hydrogens (tertiary/aromatic N) is 2. The number of hydrogen-bond acceptors (Lipinski definition) is 8. The van der Waals surface area contributed by atoms with Gasteiger partial charge in [-0.3, -0.25) is 4.79 Å². The van der Waals surface area contributed by atoms with Crippen LogP contribution in [0.25, 0.3) is 0 Å². The highest BCUT2D eigenvalue weighted by Gasteiger charge is 2.15. The number of anilines is 1. The van der Waals surface area contributed by atoms with Gasteiger partial charge in [0.1, 0.15) is 6.61 Å². The van der Waals surface area contributed by atoms with Gasteiger partial charge in [0, 0.05) is 30.2 Å². The quantitative estimate of drug-likeness (QED) is 0.355. The average molecular weight is 511 g/mol. The van der Waals surface area contributed by atoms with E-state index in [1.807, 2.05) is 36.4 Å². The molecule has 0 aliphatic heterocycles. The molecule has 3 rings (SSSR count). The number of carbonyl (C=O) groups is 1. The fraction of sp³-hybridized carbons (Fsp3) is 0.250. The molecule has 0 aliphatic rings. The van der Waals surface area contributed by atoms with Crippen molar-refractivity contribution in [3.8, 4) is 11.5 Å². The van der Waals surface area contributed by atoms with Gasteiger partial charge >= 0.3 is 0 Å². The van der Waals surface area contributed by atoms with E-state index in [-0.39, 0.29) is 11.5 Å². The molecule has 1 heterocycles. The monoisotopic (exact) mass is 509 g/mol. The fourth-order valence-corrected chi connectivity index (χ4v) is 3.51. The predicted octanol–water partition coefficient (Wildman–Crippen LogP) is 3.17. The van der Waals surface area contributed by atoms with Crippen molar-refractivity contribution in [1.29, 1.82) is 0 Å². The lowest BCUT2D eigenvalue weighted by atomic mass is 10.2. The van der Waals surface area contributed by atoms with Crippen molar-refractivity contribution < 1.29 is 18.9 Å². The summed E-state index contributed by atoms with van der Waals surface area (Å²) in [5.41, 5.74) is 7.32. The van der Waals surface area contributed by atoms with E-state index in [1.165, 1.54) is 0 Å². The van der Waals surface area contributed by atoms with E-state index in [2.05, 4.69) is 41.5 Å². The van der Waals surface area contributed by atoms with Crippen molar-refractivity contribution >= 4 is 39.3 Å². The largest absolute Gasteiger partial charge is 0.493 e. The van der Waals surface area contributed by atoms with Gasteiger partial charge in [0.25, 0.3) is 5.91 Å². The van der Waals surface area contributed by atoms with Crippen LogP contribution in [0.15, 0.2) is 45.5 Å². The number of amides is 1. The third kappa shape index (κ3) is 6.09. The van der Waals surface area contributed by atoms with E-state index in [0.29, 0.717) is 42.8 Å². The molecular formula is C20H21BrClN5O4. The topological polar surface area (TPSA) is 125 Å².